The topological polar surface area (TPSA) is 73.2 Å². The first-order valence-corrected chi connectivity index (χ1v) is 9.53. The minimum absolute atomic E-state index is 0.00464. The number of ether oxygens (including phenoxy) is 1. The van der Waals surface area contributed by atoms with Crippen molar-refractivity contribution in [2.75, 3.05) is 0 Å². The number of hydrogen-bond donors (Lipinski definition) is 1. The molecule has 0 spiro atoms. The van der Waals surface area contributed by atoms with Crippen molar-refractivity contribution in [2.24, 2.45) is 0 Å². The molecule has 1 aromatic heterocycles. The molecule has 0 saturated carbocycles. The van der Waals surface area contributed by atoms with Crippen LogP contribution in [0, 0.1) is 5.82 Å². The number of aromatic nitrogens is 2. The summed E-state index contributed by atoms with van der Waals surface area (Å²) in [5, 5.41) is 6.96. The number of carbonyl (C=O) groups is 2. The Morgan fingerprint density at radius 1 is 1.10 bits per heavy atom. The van der Waals surface area contributed by atoms with Gasteiger partial charge in [-0.2, -0.15) is 5.10 Å². The van der Waals surface area contributed by atoms with Crippen LogP contribution in [0.3, 0.4) is 0 Å². The fraction of sp³-hybridized carbons (Fsp3) is 0.261. The summed E-state index contributed by atoms with van der Waals surface area (Å²) in [7, 11) is 0. The third kappa shape index (κ3) is 5.53. The van der Waals surface area contributed by atoms with Crippen molar-refractivity contribution in [1.29, 1.82) is 0 Å². The molecule has 0 atom stereocenters. The molecule has 0 fully saturated rings. The number of amides is 1. The lowest BCUT2D eigenvalue weighted by Gasteiger charge is -2.19. The highest BCUT2D eigenvalue weighted by atomic mass is 19.1. The average molecular weight is 409 g/mol. The first-order valence-electron chi connectivity index (χ1n) is 9.53. The van der Waals surface area contributed by atoms with E-state index in [0.29, 0.717) is 16.7 Å². The molecule has 0 radical (unpaired) electrons. The number of benzene rings is 2. The van der Waals surface area contributed by atoms with Gasteiger partial charge in [-0.15, -0.1) is 0 Å². The molecule has 3 aromatic rings. The molecular formula is C23H24FN3O3. The van der Waals surface area contributed by atoms with Crippen LogP contribution in [0.2, 0.25) is 0 Å². The Labute approximate surface area is 174 Å². The standard InChI is InChI=1S/C23H24FN3O3/c1-15(28)17-5-7-21(8-6-17)27-14-19(13-26-27)18-9-16(10-20(24)11-18)12-25-22(29)30-23(2,3)4/h5-11,13-14H,12H2,1-4H3,(H,25,29). The van der Waals surface area contributed by atoms with Gasteiger partial charge in [0.1, 0.15) is 11.4 Å². The van der Waals surface area contributed by atoms with Crippen molar-refractivity contribution in [2.45, 2.75) is 39.8 Å². The van der Waals surface area contributed by atoms with Crippen molar-refractivity contribution in [1.82, 2.24) is 15.1 Å². The highest BCUT2D eigenvalue weighted by Gasteiger charge is 2.16. The Morgan fingerprint density at radius 2 is 1.80 bits per heavy atom. The molecule has 30 heavy (non-hydrogen) atoms. The number of rotatable bonds is 5. The third-order valence-electron chi connectivity index (χ3n) is 4.25. The summed E-state index contributed by atoms with van der Waals surface area (Å²) in [6, 6.07) is 11.7. The van der Waals surface area contributed by atoms with E-state index in [1.807, 2.05) is 0 Å². The van der Waals surface area contributed by atoms with Crippen LogP contribution in [-0.2, 0) is 11.3 Å². The molecule has 2 aromatic carbocycles. The highest BCUT2D eigenvalue weighted by Crippen LogP contribution is 2.23. The van der Waals surface area contributed by atoms with Gasteiger partial charge in [0.25, 0.3) is 0 Å². The van der Waals surface area contributed by atoms with Crippen LogP contribution < -0.4 is 5.32 Å². The van der Waals surface area contributed by atoms with E-state index in [4.69, 9.17) is 4.74 Å². The normalized spacial score (nSPS) is 11.2. The SMILES string of the molecule is CC(=O)c1ccc(-n2cc(-c3cc(F)cc(CNC(=O)OC(C)(C)C)c3)cn2)cc1. The maximum atomic E-state index is 14.2. The molecular weight excluding hydrogens is 385 g/mol. The number of carbonyl (C=O) groups excluding carboxylic acids is 2. The monoisotopic (exact) mass is 409 g/mol. The molecule has 1 amide bonds. The highest BCUT2D eigenvalue weighted by molar-refractivity contribution is 5.94. The van der Waals surface area contributed by atoms with Crippen molar-refractivity contribution in [3.05, 3.63) is 71.8 Å². The minimum Gasteiger partial charge on any atom is -0.444 e. The predicted octanol–water partition coefficient (Wildman–Crippen LogP) is 4.91. The Bertz CT molecular complexity index is 1070. The smallest absolute Gasteiger partial charge is 0.407 e. The van der Waals surface area contributed by atoms with Crippen LogP contribution in [0.1, 0.15) is 43.6 Å². The number of halogens is 1. The van der Waals surface area contributed by atoms with Crippen LogP contribution in [0.4, 0.5) is 9.18 Å². The van der Waals surface area contributed by atoms with Crippen molar-refractivity contribution in [3.8, 4) is 16.8 Å². The summed E-state index contributed by atoms with van der Waals surface area (Å²) >= 11 is 0. The summed E-state index contributed by atoms with van der Waals surface area (Å²) in [5.74, 6) is -0.415. The van der Waals surface area contributed by atoms with Crippen LogP contribution in [0.5, 0.6) is 0 Å². The molecule has 7 heteroatoms. The van der Waals surface area contributed by atoms with Gasteiger partial charge in [0.2, 0.25) is 0 Å². The van der Waals surface area contributed by atoms with Gasteiger partial charge in [0.15, 0.2) is 5.78 Å². The second-order valence-corrected chi connectivity index (χ2v) is 7.98. The van der Waals surface area contributed by atoms with E-state index in [9.17, 15) is 14.0 Å². The van der Waals surface area contributed by atoms with E-state index in [1.165, 1.54) is 19.1 Å². The molecule has 0 aliphatic carbocycles. The van der Waals surface area contributed by atoms with Crippen molar-refractivity contribution in [3.63, 3.8) is 0 Å². The molecule has 3 rings (SSSR count). The van der Waals surface area contributed by atoms with Crippen LogP contribution in [0.15, 0.2) is 54.9 Å². The summed E-state index contributed by atoms with van der Waals surface area (Å²) < 4.78 is 21.0. The second-order valence-electron chi connectivity index (χ2n) is 7.98. The van der Waals surface area contributed by atoms with Crippen LogP contribution in [-0.4, -0.2) is 27.3 Å². The number of hydrogen-bond acceptors (Lipinski definition) is 4. The van der Waals surface area contributed by atoms with Gasteiger partial charge >= 0.3 is 6.09 Å². The number of nitrogens with one attached hydrogen (secondary N) is 1. The van der Waals surface area contributed by atoms with Gasteiger partial charge in [-0.25, -0.2) is 13.9 Å². The number of Topliss-reactive ketones (excluding diaryl/α,β-unsaturated/α-hetero) is 1. The lowest BCUT2D eigenvalue weighted by molar-refractivity contribution is 0.0523. The molecule has 0 aliphatic heterocycles. The van der Waals surface area contributed by atoms with E-state index in [1.54, 1.807) is 68.2 Å². The fourth-order valence-corrected chi connectivity index (χ4v) is 2.87. The zero-order chi connectivity index (χ0) is 21.9. The Hall–Kier alpha value is -3.48. The summed E-state index contributed by atoms with van der Waals surface area (Å²) in [4.78, 5) is 23.3. The number of alkyl carbamates (subject to hydrolysis) is 1. The molecule has 1 heterocycles. The van der Waals surface area contributed by atoms with E-state index in [-0.39, 0.29) is 12.3 Å². The van der Waals surface area contributed by atoms with E-state index in [2.05, 4.69) is 10.4 Å². The Balaban J connectivity index is 1.76. The molecule has 0 saturated heterocycles. The predicted molar refractivity (Wildman–Crippen MR) is 112 cm³/mol. The van der Waals surface area contributed by atoms with E-state index < -0.39 is 17.5 Å². The summed E-state index contributed by atoms with van der Waals surface area (Å²) in [6.07, 6.45) is 2.86. The van der Waals surface area contributed by atoms with Gasteiger partial charge in [0, 0.05) is 23.9 Å². The molecule has 0 aliphatic rings. The third-order valence-corrected chi connectivity index (χ3v) is 4.25. The summed E-state index contributed by atoms with van der Waals surface area (Å²) in [6.45, 7) is 6.98. The fourth-order valence-electron chi connectivity index (χ4n) is 2.87. The molecule has 0 unspecified atom stereocenters. The van der Waals surface area contributed by atoms with Gasteiger partial charge in [0.05, 0.1) is 11.9 Å². The zero-order valence-electron chi connectivity index (χ0n) is 17.4. The average Bonchev–Trinajstić information content (AvgIpc) is 3.15. The first kappa shape index (κ1) is 21.2. The largest absolute Gasteiger partial charge is 0.444 e. The number of nitrogens with zero attached hydrogens (tertiary/aromatic N) is 2. The van der Waals surface area contributed by atoms with Crippen molar-refractivity contribution >= 4 is 11.9 Å². The van der Waals surface area contributed by atoms with Crippen LogP contribution in [0.25, 0.3) is 16.8 Å². The van der Waals surface area contributed by atoms with Gasteiger partial charge in [-0.05, 0) is 81.3 Å². The summed E-state index contributed by atoms with van der Waals surface area (Å²) in [5.41, 5.74) is 2.78. The second kappa shape index (κ2) is 8.49. The molecule has 156 valence electrons. The van der Waals surface area contributed by atoms with Gasteiger partial charge in [-0.1, -0.05) is 0 Å². The van der Waals surface area contributed by atoms with E-state index >= 15 is 0 Å². The Kier molecular flexibility index (Phi) is 6.01. The zero-order valence-corrected chi connectivity index (χ0v) is 17.4. The first-order chi connectivity index (χ1) is 14.1. The molecule has 1 N–H and O–H groups in total. The lowest BCUT2D eigenvalue weighted by atomic mass is 10.1. The maximum absolute atomic E-state index is 14.2. The molecule has 0 bridgehead atoms. The van der Waals surface area contributed by atoms with Crippen LogP contribution >= 0.6 is 0 Å². The Morgan fingerprint density at radius 3 is 2.43 bits per heavy atom. The minimum atomic E-state index is -0.603. The quantitative estimate of drug-likeness (QED) is 0.608. The van der Waals surface area contributed by atoms with E-state index in [0.717, 1.165) is 11.3 Å². The van der Waals surface area contributed by atoms with Gasteiger partial charge < -0.3 is 10.1 Å². The van der Waals surface area contributed by atoms with Gasteiger partial charge in [-0.3, -0.25) is 4.79 Å². The number of ketones is 1. The maximum Gasteiger partial charge on any atom is 0.407 e. The molecule has 6 nitrogen and oxygen atoms in total. The van der Waals surface area contributed by atoms with Crippen molar-refractivity contribution < 1.29 is 18.7 Å². The lowest BCUT2D eigenvalue weighted by Crippen LogP contribution is -2.32.